The van der Waals surface area contributed by atoms with E-state index in [1.807, 2.05) is 18.7 Å². The molecule has 128 valence electrons. The van der Waals surface area contributed by atoms with Crippen molar-refractivity contribution in [2.24, 2.45) is 5.92 Å². The smallest absolute Gasteiger partial charge is 0.242 e. The molecule has 0 aromatic heterocycles. The SMILES string of the molecule is CC(C)CC(=O)N1CCC(NS(=O)(=O)c2ccccc2Cl)CC1. The van der Waals surface area contributed by atoms with Gasteiger partial charge >= 0.3 is 0 Å². The van der Waals surface area contributed by atoms with Crippen LogP contribution in [-0.4, -0.2) is 38.4 Å². The predicted octanol–water partition coefficient (Wildman–Crippen LogP) is 2.66. The van der Waals surface area contributed by atoms with E-state index in [1.165, 1.54) is 6.07 Å². The summed E-state index contributed by atoms with van der Waals surface area (Å²) in [6, 6.07) is 6.22. The highest BCUT2D eigenvalue weighted by molar-refractivity contribution is 7.89. The molecule has 2 rings (SSSR count). The molecule has 1 amide bonds. The number of benzene rings is 1. The Kier molecular flexibility index (Phi) is 6.06. The maximum Gasteiger partial charge on any atom is 0.242 e. The fourth-order valence-corrected chi connectivity index (χ4v) is 4.50. The molecule has 1 fully saturated rings. The first-order chi connectivity index (χ1) is 10.8. The molecular formula is C16H23ClN2O3S. The second-order valence-electron chi connectivity index (χ2n) is 6.30. The second kappa shape index (κ2) is 7.64. The van der Waals surface area contributed by atoms with Gasteiger partial charge in [-0.3, -0.25) is 4.79 Å². The number of rotatable bonds is 5. The number of carbonyl (C=O) groups is 1. The summed E-state index contributed by atoms with van der Waals surface area (Å²) in [7, 11) is -3.63. The molecule has 0 atom stereocenters. The molecule has 1 N–H and O–H groups in total. The fraction of sp³-hybridized carbons (Fsp3) is 0.562. The van der Waals surface area contributed by atoms with E-state index in [0.717, 1.165) is 0 Å². The van der Waals surface area contributed by atoms with Crippen molar-refractivity contribution in [3.05, 3.63) is 29.3 Å². The number of piperidine rings is 1. The number of carbonyl (C=O) groups excluding carboxylic acids is 1. The van der Waals surface area contributed by atoms with Crippen molar-refractivity contribution < 1.29 is 13.2 Å². The summed E-state index contributed by atoms with van der Waals surface area (Å²) < 4.78 is 27.5. The van der Waals surface area contributed by atoms with E-state index in [-0.39, 0.29) is 21.9 Å². The summed E-state index contributed by atoms with van der Waals surface area (Å²) in [6.07, 6.45) is 1.77. The minimum absolute atomic E-state index is 0.0972. The van der Waals surface area contributed by atoms with Crippen molar-refractivity contribution in [2.45, 2.75) is 44.0 Å². The molecule has 5 nitrogen and oxygen atoms in total. The Morgan fingerprint density at radius 3 is 2.48 bits per heavy atom. The van der Waals surface area contributed by atoms with E-state index < -0.39 is 10.0 Å². The number of halogens is 1. The molecule has 1 aromatic carbocycles. The summed E-state index contributed by atoms with van der Waals surface area (Å²) >= 11 is 5.97. The molecule has 1 heterocycles. The lowest BCUT2D eigenvalue weighted by Gasteiger charge is -2.32. The maximum absolute atomic E-state index is 12.4. The lowest BCUT2D eigenvalue weighted by atomic mass is 10.0. The molecule has 0 radical (unpaired) electrons. The number of hydrogen-bond acceptors (Lipinski definition) is 3. The Bertz CT molecular complexity index is 653. The summed E-state index contributed by atoms with van der Waals surface area (Å²) in [5.41, 5.74) is 0. The third-order valence-corrected chi connectivity index (χ3v) is 5.90. The third-order valence-electron chi connectivity index (χ3n) is 3.88. The number of amides is 1. The normalized spacial score (nSPS) is 16.8. The topological polar surface area (TPSA) is 66.5 Å². The molecule has 0 bridgehead atoms. The summed E-state index contributed by atoms with van der Waals surface area (Å²) in [4.78, 5) is 14.0. The summed E-state index contributed by atoms with van der Waals surface area (Å²) in [5.74, 6) is 0.478. The Morgan fingerprint density at radius 2 is 1.91 bits per heavy atom. The highest BCUT2D eigenvalue weighted by Gasteiger charge is 2.27. The Morgan fingerprint density at radius 1 is 1.30 bits per heavy atom. The van der Waals surface area contributed by atoms with Crippen molar-refractivity contribution >= 4 is 27.5 Å². The minimum atomic E-state index is -3.63. The molecule has 0 unspecified atom stereocenters. The maximum atomic E-state index is 12.4. The van der Waals surface area contributed by atoms with Crippen LogP contribution in [0.4, 0.5) is 0 Å². The number of nitrogens with one attached hydrogen (secondary N) is 1. The minimum Gasteiger partial charge on any atom is -0.343 e. The highest BCUT2D eigenvalue weighted by Crippen LogP contribution is 2.22. The van der Waals surface area contributed by atoms with Crippen LogP contribution in [0.25, 0.3) is 0 Å². The molecule has 0 aliphatic carbocycles. The predicted molar refractivity (Wildman–Crippen MR) is 90.8 cm³/mol. The van der Waals surface area contributed by atoms with Crippen LogP contribution in [0.1, 0.15) is 33.1 Å². The van der Waals surface area contributed by atoms with Gasteiger partial charge in [0, 0.05) is 25.6 Å². The van der Waals surface area contributed by atoms with Gasteiger partial charge in [0.25, 0.3) is 0 Å². The van der Waals surface area contributed by atoms with Crippen molar-refractivity contribution in [2.75, 3.05) is 13.1 Å². The van der Waals surface area contributed by atoms with Gasteiger partial charge in [-0.25, -0.2) is 13.1 Å². The van der Waals surface area contributed by atoms with Crippen molar-refractivity contribution in [3.8, 4) is 0 Å². The molecule has 1 aliphatic rings. The van der Waals surface area contributed by atoms with Crippen LogP contribution in [-0.2, 0) is 14.8 Å². The average Bonchev–Trinajstić information content (AvgIpc) is 2.47. The standard InChI is InChI=1S/C16H23ClN2O3S/c1-12(2)11-16(20)19-9-7-13(8-10-19)18-23(21,22)15-6-4-3-5-14(15)17/h3-6,12-13,18H,7-11H2,1-2H3. The molecule has 23 heavy (non-hydrogen) atoms. The molecule has 1 saturated heterocycles. The number of hydrogen-bond donors (Lipinski definition) is 1. The monoisotopic (exact) mass is 358 g/mol. The Labute approximate surface area is 143 Å². The van der Waals surface area contributed by atoms with Crippen molar-refractivity contribution in [1.29, 1.82) is 0 Å². The molecular weight excluding hydrogens is 336 g/mol. The van der Waals surface area contributed by atoms with E-state index in [4.69, 9.17) is 11.6 Å². The van der Waals surface area contributed by atoms with E-state index in [0.29, 0.717) is 38.3 Å². The number of nitrogens with zero attached hydrogens (tertiary/aromatic N) is 1. The van der Waals surface area contributed by atoms with Gasteiger partial charge in [0.1, 0.15) is 4.90 Å². The van der Waals surface area contributed by atoms with E-state index >= 15 is 0 Å². The third kappa shape index (κ3) is 4.93. The van der Waals surface area contributed by atoms with Gasteiger partial charge in [0.05, 0.1) is 5.02 Å². The highest BCUT2D eigenvalue weighted by atomic mass is 35.5. The van der Waals surface area contributed by atoms with Crippen molar-refractivity contribution in [3.63, 3.8) is 0 Å². The zero-order valence-electron chi connectivity index (χ0n) is 13.5. The first-order valence-electron chi connectivity index (χ1n) is 7.84. The van der Waals surface area contributed by atoms with Crippen LogP contribution in [0.5, 0.6) is 0 Å². The number of sulfonamides is 1. The van der Waals surface area contributed by atoms with E-state index in [1.54, 1.807) is 18.2 Å². The second-order valence-corrected chi connectivity index (χ2v) is 8.39. The first kappa shape index (κ1) is 18.2. The van der Waals surface area contributed by atoms with Gasteiger partial charge in [-0.15, -0.1) is 0 Å². The van der Waals surface area contributed by atoms with E-state index in [2.05, 4.69) is 4.72 Å². The van der Waals surface area contributed by atoms with Crippen LogP contribution in [0.3, 0.4) is 0 Å². The molecule has 1 aliphatic heterocycles. The summed E-state index contributed by atoms with van der Waals surface area (Å²) in [5, 5.41) is 0.213. The Hall–Kier alpha value is -1.11. The van der Waals surface area contributed by atoms with Crippen LogP contribution >= 0.6 is 11.6 Å². The zero-order chi connectivity index (χ0) is 17.0. The largest absolute Gasteiger partial charge is 0.343 e. The van der Waals surface area contributed by atoms with Gasteiger partial charge in [-0.1, -0.05) is 37.6 Å². The summed E-state index contributed by atoms with van der Waals surface area (Å²) in [6.45, 7) is 5.20. The average molecular weight is 359 g/mol. The lowest BCUT2D eigenvalue weighted by molar-refractivity contribution is -0.133. The fourth-order valence-electron chi connectivity index (χ4n) is 2.67. The zero-order valence-corrected chi connectivity index (χ0v) is 15.0. The van der Waals surface area contributed by atoms with Gasteiger partial charge < -0.3 is 4.90 Å². The van der Waals surface area contributed by atoms with Gasteiger partial charge in [-0.2, -0.15) is 0 Å². The lowest BCUT2D eigenvalue weighted by Crippen LogP contribution is -2.46. The molecule has 0 saturated carbocycles. The van der Waals surface area contributed by atoms with Crippen molar-refractivity contribution in [1.82, 2.24) is 9.62 Å². The van der Waals surface area contributed by atoms with Gasteiger partial charge in [-0.05, 0) is 30.9 Å². The molecule has 0 spiro atoms. The van der Waals surface area contributed by atoms with Gasteiger partial charge in [0.15, 0.2) is 0 Å². The van der Waals surface area contributed by atoms with Crippen LogP contribution < -0.4 is 4.72 Å². The Balaban J connectivity index is 1.94. The van der Waals surface area contributed by atoms with Crippen LogP contribution in [0.2, 0.25) is 5.02 Å². The molecule has 7 heteroatoms. The van der Waals surface area contributed by atoms with E-state index in [9.17, 15) is 13.2 Å². The quantitative estimate of drug-likeness (QED) is 0.879. The van der Waals surface area contributed by atoms with Gasteiger partial charge in [0.2, 0.25) is 15.9 Å². The van der Waals surface area contributed by atoms with Crippen LogP contribution in [0, 0.1) is 5.92 Å². The molecule has 1 aromatic rings. The number of likely N-dealkylation sites (tertiary alicyclic amines) is 1. The first-order valence-corrected chi connectivity index (χ1v) is 9.70. The van der Waals surface area contributed by atoms with Crippen LogP contribution in [0.15, 0.2) is 29.2 Å².